The van der Waals surface area contributed by atoms with E-state index >= 15 is 0 Å². The molecule has 0 spiro atoms. The van der Waals surface area contributed by atoms with Crippen LogP contribution in [0.2, 0.25) is 0 Å². The molecule has 0 atom stereocenters. The van der Waals surface area contributed by atoms with E-state index in [4.69, 9.17) is 0 Å². The van der Waals surface area contributed by atoms with Crippen LogP contribution in [-0.2, 0) is 0 Å². The summed E-state index contributed by atoms with van der Waals surface area (Å²) in [5.74, 6) is -0.0594. The lowest BCUT2D eigenvalue weighted by atomic mass is 10.5. The Kier molecular flexibility index (Phi) is 3.21. The van der Waals surface area contributed by atoms with Gasteiger partial charge in [0.2, 0.25) is 5.95 Å². The SMILES string of the molecule is O=[N+]([O-])c1cnc(NCC(F)F)nc1. The van der Waals surface area contributed by atoms with Crippen LogP contribution in [0.15, 0.2) is 12.4 Å². The molecule has 1 aromatic heterocycles. The summed E-state index contributed by atoms with van der Waals surface area (Å²) in [5.41, 5.74) is -0.285. The van der Waals surface area contributed by atoms with Crippen molar-refractivity contribution in [3.8, 4) is 0 Å². The smallest absolute Gasteiger partial charge is 0.305 e. The second-order valence-electron chi connectivity index (χ2n) is 2.29. The van der Waals surface area contributed by atoms with E-state index in [1.807, 2.05) is 0 Å². The van der Waals surface area contributed by atoms with Crippen molar-refractivity contribution in [3.63, 3.8) is 0 Å². The maximum absolute atomic E-state index is 11.7. The summed E-state index contributed by atoms with van der Waals surface area (Å²) < 4.78 is 23.4. The molecular weight excluding hydrogens is 198 g/mol. The number of rotatable bonds is 4. The van der Waals surface area contributed by atoms with E-state index in [-0.39, 0.29) is 11.6 Å². The monoisotopic (exact) mass is 204 g/mol. The molecule has 0 unspecified atom stereocenters. The summed E-state index contributed by atoms with van der Waals surface area (Å²) in [7, 11) is 0. The zero-order valence-corrected chi connectivity index (χ0v) is 6.85. The van der Waals surface area contributed by atoms with Gasteiger partial charge in [0.25, 0.3) is 6.43 Å². The molecule has 1 N–H and O–H groups in total. The Morgan fingerprint density at radius 1 is 1.50 bits per heavy atom. The quantitative estimate of drug-likeness (QED) is 0.585. The Bertz CT molecular complexity index is 316. The van der Waals surface area contributed by atoms with Gasteiger partial charge in [-0.15, -0.1) is 0 Å². The van der Waals surface area contributed by atoms with Crippen molar-refractivity contribution in [2.75, 3.05) is 11.9 Å². The predicted octanol–water partition coefficient (Wildman–Crippen LogP) is 1.06. The predicted molar refractivity (Wildman–Crippen MR) is 43.2 cm³/mol. The van der Waals surface area contributed by atoms with Crippen LogP contribution < -0.4 is 5.32 Å². The fourth-order valence-corrected chi connectivity index (χ4v) is 0.675. The minimum atomic E-state index is -2.52. The number of nitrogens with one attached hydrogen (secondary N) is 1. The Hall–Kier alpha value is -1.86. The highest BCUT2D eigenvalue weighted by atomic mass is 19.3. The second kappa shape index (κ2) is 4.40. The van der Waals surface area contributed by atoms with E-state index in [1.54, 1.807) is 0 Å². The Morgan fingerprint density at radius 2 is 2.07 bits per heavy atom. The van der Waals surface area contributed by atoms with Gasteiger partial charge in [0.05, 0.1) is 11.5 Å². The van der Waals surface area contributed by atoms with Gasteiger partial charge in [-0.2, -0.15) is 0 Å². The number of nitrogens with zero attached hydrogens (tertiary/aromatic N) is 3. The minimum absolute atomic E-state index is 0.0594. The first-order valence-corrected chi connectivity index (χ1v) is 3.58. The fraction of sp³-hybridized carbons (Fsp3) is 0.333. The van der Waals surface area contributed by atoms with Crippen LogP contribution >= 0.6 is 0 Å². The first-order chi connectivity index (χ1) is 6.59. The van der Waals surface area contributed by atoms with E-state index < -0.39 is 17.9 Å². The van der Waals surface area contributed by atoms with Gasteiger partial charge in [-0.3, -0.25) is 10.1 Å². The van der Waals surface area contributed by atoms with Gasteiger partial charge in [-0.25, -0.2) is 18.7 Å². The highest BCUT2D eigenvalue weighted by molar-refractivity contribution is 5.30. The van der Waals surface area contributed by atoms with Crippen LogP contribution in [0, 0.1) is 10.1 Å². The molecule has 14 heavy (non-hydrogen) atoms. The standard InChI is InChI=1S/C6H6F2N4O2/c7-5(8)3-11-6-9-1-4(2-10-6)12(13)14/h1-2,5H,3H2,(H,9,10,11). The van der Waals surface area contributed by atoms with E-state index in [1.165, 1.54) is 0 Å². The molecule has 0 saturated carbocycles. The van der Waals surface area contributed by atoms with Crippen molar-refractivity contribution in [2.45, 2.75) is 6.43 Å². The zero-order valence-electron chi connectivity index (χ0n) is 6.85. The third kappa shape index (κ3) is 2.88. The van der Waals surface area contributed by atoms with Crippen LogP contribution in [0.5, 0.6) is 0 Å². The van der Waals surface area contributed by atoms with E-state index in [9.17, 15) is 18.9 Å². The minimum Gasteiger partial charge on any atom is -0.348 e. The van der Waals surface area contributed by atoms with Gasteiger partial charge < -0.3 is 5.32 Å². The number of anilines is 1. The molecule has 76 valence electrons. The van der Waals surface area contributed by atoms with Crippen molar-refractivity contribution >= 4 is 11.6 Å². The maximum Gasteiger partial charge on any atom is 0.305 e. The number of hydrogen-bond acceptors (Lipinski definition) is 5. The fourth-order valence-electron chi connectivity index (χ4n) is 0.675. The average molecular weight is 204 g/mol. The lowest BCUT2D eigenvalue weighted by Crippen LogP contribution is -2.12. The lowest BCUT2D eigenvalue weighted by Gasteiger charge is -2.01. The summed E-state index contributed by atoms with van der Waals surface area (Å²) >= 11 is 0. The molecule has 6 nitrogen and oxygen atoms in total. The lowest BCUT2D eigenvalue weighted by molar-refractivity contribution is -0.385. The van der Waals surface area contributed by atoms with E-state index in [0.29, 0.717) is 0 Å². The molecule has 8 heteroatoms. The number of halogens is 2. The molecule has 1 aromatic rings. The van der Waals surface area contributed by atoms with Crippen molar-refractivity contribution in [2.24, 2.45) is 0 Å². The zero-order chi connectivity index (χ0) is 10.6. The van der Waals surface area contributed by atoms with Gasteiger partial charge in [-0.05, 0) is 0 Å². The molecule has 0 aliphatic heterocycles. The van der Waals surface area contributed by atoms with Crippen LogP contribution in [0.1, 0.15) is 0 Å². The van der Waals surface area contributed by atoms with Crippen molar-refractivity contribution in [1.82, 2.24) is 9.97 Å². The molecule has 0 amide bonds. The van der Waals surface area contributed by atoms with Gasteiger partial charge in [-0.1, -0.05) is 0 Å². The number of nitro groups is 1. The van der Waals surface area contributed by atoms with Crippen LogP contribution in [-0.4, -0.2) is 27.9 Å². The molecular formula is C6H6F2N4O2. The summed E-state index contributed by atoms with van der Waals surface area (Å²) in [5, 5.41) is 12.4. The maximum atomic E-state index is 11.7. The first kappa shape index (κ1) is 10.2. The molecule has 0 aliphatic rings. The highest BCUT2D eigenvalue weighted by Gasteiger charge is 2.07. The van der Waals surface area contributed by atoms with Gasteiger partial charge in [0, 0.05) is 0 Å². The van der Waals surface area contributed by atoms with Crippen molar-refractivity contribution in [1.29, 1.82) is 0 Å². The van der Waals surface area contributed by atoms with Crippen LogP contribution in [0.25, 0.3) is 0 Å². The summed E-state index contributed by atoms with van der Waals surface area (Å²) in [6.45, 7) is -0.586. The third-order valence-electron chi connectivity index (χ3n) is 1.26. The number of aromatic nitrogens is 2. The largest absolute Gasteiger partial charge is 0.348 e. The molecule has 0 bridgehead atoms. The number of alkyl halides is 2. The van der Waals surface area contributed by atoms with Gasteiger partial charge in [0.15, 0.2) is 0 Å². The first-order valence-electron chi connectivity index (χ1n) is 3.58. The molecule has 1 heterocycles. The molecule has 0 fully saturated rings. The number of hydrogen-bond donors (Lipinski definition) is 1. The summed E-state index contributed by atoms with van der Waals surface area (Å²) in [4.78, 5) is 16.4. The molecule has 0 aliphatic carbocycles. The normalized spacial score (nSPS) is 10.2. The van der Waals surface area contributed by atoms with E-state index in [0.717, 1.165) is 12.4 Å². The van der Waals surface area contributed by atoms with Gasteiger partial charge in [0.1, 0.15) is 12.4 Å². The van der Waals surface area contributed by atoms with Crippen molar-refractivity contribution < 1.29 is 13.7 Å². The average Bonchev–Trinajstić information content (AvgIpc) is 2.15. The van der Waals surface area contributed by atoms with Crippen molar-refractivity contribution in [3.05, 3.63) is 22.5 Å². The van der Waals surface area contributed by atoms with Crippen LogP contribution in [0.4, 0.5) is 20.4 Å². The summed E-state index contributed by atoms with van der Waals surface area (Å²) in [6.07, 6.45) is -0.629. The molecule has 1 rings (SSSR count). The summed E-state index contributed by atoms with van der Waals surface area (Å²) in [6, 6.07) is 0. The molecule has 0 saturated heterocycles. The topological polar surface area (TPSA) is 81.0 Å². The van der Waals surface area contributed by atoms with Gasteiger partial charge >= 0.3 is 5.69 Å². The Labute approximate surface area is 77.1 Å². The Balaban J connectivity index is 2.60. The third-order valence-corrected chi connectivity index (χ3v) is 1.26. The second-order valence-corrected chi connectivity index (χ2v) is 2.29. The molecule has 0 aromatic carbocycles. The van der Waals surface area contributed by atoms with Crippen LogP contribution in [0.3, 0.4) is 0 Å². The van der Waals surface area contributed by atoms with E-state index in [2.05, 4.69) is 15.3 Å². The highest BCUT2D eigenvalue weighted by Crippen LogP contribution is 2.08. The Morgan fingerprint density at radius 3 is 2.50 bits per heavy atom. The molecule has 0 radical (unpaired) electrons.